The van der Waals surface area contributed by atoms with Gasteiger partial charge in [0.1, 0.15) is 24.0 Å². The summed E-state index contributed by atoms with van der Waals surface area (Å²) in [5, 5.41) is 2.95. The minimum atomic E-state index is -0.580. The third-order valence-electron chi connectivity index (χ3n) is 4.67. The molecule has 1 heterocycles. The van der Waals surface area contributed by atoms with Crippen LogP contribution in [0, 0.1) is 12.7 Å². The first-order chi connectivity index (χ1) is 14.5. The van der Waals surface area contributed by atoms with Crippen molar-refractivity contribution in [3.8, 4) is 5.75 Å². The van der Waals surface area contributed by atoms with Gasteiger partial charge < -0.3 is 15.0 Å². The Morgan fingerprint density at radius 1 is 1.17 bits per heavy atom. The lowest BCUT2D eigenvalue weighted by Crippen LogP contribution is -2.32. The number of ether oxygens (including phenoxy) is 1. The van der Waals surface area contributed by atoms with Crippen LogP contribution < -0.4 is 10.1 Å². The average molecular weight is 424 g/mol. The fourth-order valence-corrected chi connectivity index (χ4v) is 3.28. The first-order valence-electron chi connectivity index (χ1n) is 9.39. The zero-order valence-electron chi connectivity index (χ0n) is 16.2. The van der Waals surface area contributed by atoms with Crippen molar-refractivity contribution in [1.29, 1.82) is 0 Å². The number of para-hydroxylation sites is 1. The zero-order valence-corrected chi connectivity index (χ0v) is 16.9. The van der Waals surface area contributed by atoms with E-state index in [1.54, 1.807) is 24.3 Å². The van der Waals surface area contributed by atoms with E-state index < -0.39 is 11.9 Å². The maximum absolute atomic E-state index is 14.0. The van der Waals surface area contributed by atoms with Gasteiger partial charge in [0, 0.05) is 5.56 Å². The van der Waals surface area contributed by atoms with E-state index in [0.717, 1.165) is 16.9 Å². The van der Waals surface area contributed by atoms with Crippen molar-refractivity contribution in [2.75, 3.05) is 6.61 Å². The molecular weight excluding hydrogens is 405 g/mol. The van der Waals surface area contributed by atoms with Crippen LogP contribution in [0.3, 0.4) is 0 Å². The molecule has 3 aromatic carbocycles. The van der Waals surface area contributed by atoms with Gasteiger partial charge in [-0.15, -0.1) is 0 Å². The molecule has 7 heteroatoms. The summed E-state index contributed by atoms with van der Waals surface area (Å²) >= 11 is 5.81. The normalized spacial score (nSPS) is 12.0. The molecule has 1 atom stereocenters. The van der Waals surface area contributed by atoms with Crippen LogP contribution in [0.2, 0.25) is 5.02 Å². The van der Waals surface area contributed by atoms with Crippen molar-refractivity contribution in [2.45, 2.75) is 13.0 Å². The van der Waals surface area contributed by atoms with Crippen LogP contribution in [0.5, 0.6) is 5.75 Å². The maximum Gasteiger partial charge on any atom is 0.251 e. The number of carbonyl (C=O) groups excluding carboxylic acids is 1. The molecule has 0 saturated heterocycles. The molecule has 1 unspecified atom stereocenters. The largest absolute Gasteiger partial charge is 0.491 e. The molecule has 1 aromatic heterocycles. The molecule has 0 bridgehead atoms. The molecule has 0 saturated carbocycles. The van der Waals surface area contributed by atoms with Crippen molar-refractivity contribution in [3.05, 3.63) is 94.5 Å². The second kappa shape index (κ2) is 8.55. The number of aryl methyl sites for hydroxylation is 1. The number of fused-ring (bicyclic) bond motifs is 1. The fraction of sp³-hybridized carbons (Fsp3) is 0.130. The number of hydrogen-bond donors (Lipinski definition) is 2. The third-order valence-corrected chi connectivity index (χ3v) is 4.98. The molecule has 0 aliphatic rings. The van der Waals surface area contributed by atoms with E-state index in [1.807, 2.05) is 37.3 Å². The highest BCUT2D eigenvalue weighted by atomic mass is 35.5. The number of nitrogens with one attached hydrogen (secondary N) is 2. The minimum absolute atomic E-state index is 0.0212. The predicted molar refractivity (Wildman–Crippen MR) is 114 cm³/mol. The van der Waals surface area contributed by atoms with E-state index in [-0.39, 0.29) is 17.5 Å². The summed E-state index contributed by atoms with van der Waals surface area (Å²) < 4.78 is 19.9. The number of imidazole rings is 1. The Morgan fingerprint density at radius 2 is 1.97 bits per heavy atom. The van der Waals surface area contributed by atoms with E-state index in [4.69, 9.17) is 16.3 Å². The number of carbonyl (C=O) groups is 1. The second-order valence-electron chi connectivity index (χ2n) is 6.88. The average Bonchev–Trinajstić information content (AvgIpc) is 3.13. The van der Waals surface area contributed by atoms with Crippen LogP contribution in [0.1, 0.15) is 27.8 Å². The van der Waals surface area contributed by atoms with Crippen molar-refractivity contribution in [2.24, 2.45) is 0 Å². The summed E-state index contributed by atoms with van der Waals surface area (Å²) in [6.07, 6.45) is 0. The molecule has 30 heavy (non-hydrogen) atoms. The van der Waals surface area contributed by atoms with Crippen molar-refractivity contribution >= 4 is 28.5 Å². The van der Waals surface area contributed by atoms with Crippen LogP contribution in [-0.4, -0.2) is 22.5 Å². The summed E-state index contributed by atoms with van der Waals surface area (Å²) in [6, 6.07) is 18.3. The van der Waals surface area contributed by atoms with Gasteiger partial charge in [-0.25, -0.2) is 9.37 Å². The lowest BCUT2D eigenvalue weighted by Gasteiger charge is -2.20. The van der Waals surface area contributed by atoms with E-state index in [2.05, 4.69) is 15.3 Å². The Balaban J connectivity index is 1.58. The molecule has 0 radical (unpaired) electrons. The van der Waals surface area contributed by atoms with Crippen LogP contribution in [0.4, 0.5) is 4.39 Å². The Morgan fingerprint density at radius 3 is 2.73 bits per heavy atom. The Bertz CT molecular complexity index is 1190. The Labute approximate surface area is 177 Å². The van der Waals surface area contributed by atoms with Gasteiger partial charge in [-0.1, -0.05) is 35.9 Å². The van der Waals surface area contributed by atoms with Crippen LogP contribution in [0.15, 0.2) is 66.7 Å². The lowest BCUT2D eigenvalue weighted by atomic mass is 10.1. The second-order valence-corrected chi connectivity index (χ2v) is 7.28. The number of H-pyrrole nitrogens is 1. The minimum Gasteiger partial charge on any atom is -0.491 e. The number of hydrogen-bond acceptors (Lipinski definition) is 3. The van der Waals surface area contributed by atoms with Crippen LogP contribution >= 0.6 is 11.6 Å². The molecule has 0 fully saturated rings. The quantitative estimate of drug-likeness (QED) is 0.447. The molecule has 4 aromatic rings. The van der Waals surface area contributed by atoms with Crippen molar-refractivity contribution in [1.82, 2.24) is 15.3 Å². The molecule has 0 spiro atoms. The van der Waals surface area contributed by atoms with Gasteiger partial charge in [0.25, 0.3) is 5.91 Å². The highest BCUT2D eigenvalue weighted by molar-refractivity contribution is 6.30. The first kappa shape index (κ1) is 19.9. The van der Waals surface area contributed by atoms with E-state index in [0.29, 0.717) is 16.9 Å². The molecule has 2 N–H and O–H groups in total. The zero-order chi connectivity index (χ0) is 21.1. The SMILES string of the molecule is Cc1nc2ccc(C(=O)NC(COc3ccccc3)c3ccc(Cl)c(F)c3)cc2[nH]1. The molecule has 1 amide bonds. The predicted octanol–water partition coefficient (Wildman–Crippen LogP) is 5.21. The number of benzene rings is 3. The van der Waals surface area contributed by atoms with Gasteiger partial charge in [0.15, 0.2) is 0 Å². The van der Waals surface area contributed by atoms with Gasteiger partial charge in [-0.3, -0.25) is 4.79 Å². The van der Waals surface area contributed by atoms with E-state index >= 15 is 0 Å². The summed E-state index contributed by atoms with van der Waals surface area (Å²) in [5.41, 5.74) is 2.58. The molecule has 152 valence electrons. The highest BCUT2D eigenvalue weighted by Crippen LogP contribution is 2.23. The topological polar surface area (TPSA) is 67.0 Å². The Hall–Kier alpha value is -3.38. The summed E-state index contributed by atoms with van der Waals surface area (Å²) in [4.78, 5) is 20.4. The molecular formula is C23H19ClFN3O2. The van der Waals surface area contributed by atoms with Gasteiger partial charge in [0.05, 0.1) is 22.1 Å². The smallest absolute Gasteiger partial charge is 0.251 e. The number of aromatic nitrogens is 2. The van der Waals surface area contributed by atoms with Gasteiger partial charge in [-0.2, -0.15) is 0 Å². The van der Waals surface area contributed by atoms with Crippen LogP contribution in [0.25, 0.3) is 11.0 Å². The van der Waals surface area contributed by atoms with Gasteiger partial charge in [0.2, 0.25) is 0 Å². The number of rotatable bonds is 6. The van der Waals surface area contributed by atoms with Crippen LogP contribution in [-0.2, 0) is 0 Å². The van der Waals surface area contributed by atoms with Crippen molar-refractivity contribution in [3.63, 3.8) is 0 Å². The molecule has 4 rings (SSSR count). The van der Waals surface area contributed by atoms with Gasteiger partial charge in [-0.05, 0) is 55.0 Å². The fourth-order valence-electron chi connectivity index (χ4n) is 3.17. The number of nitrogens with zero attached hydrogens (tertiary/aromatic N) is 1. The summed E-state index contributed by atoms with van der Waals surface area (Å²) in [5.74, 6) is 0.567. The monoisotopic (exact) mass is 423 g/mol. The number of halogens is 2. The standard InChI is InChI=1S/C23H19ClFN3O2/c1-14-26-20-10-8-16(12-21(20)27-14)23(29)28-22(13-30-17-5-3-2-4-6-17)15-7-9-18(24)19(25)11-15/h2-12,22H,13H2,1H3,(H,26,27)(H,28,29). The molecule has 0 aliphatic carbocycles. The molecule has 5 nitrogen and oxygen atoms in total. The summed E-state index contributed by atoms with van der Waals surface area (Å²) in [7, 11) is 0. The lowest BCUT2D eigenvalue weighted by molar-refractivity contribution is 0.0921. The van der Waals surface area contributed by atoms with E-state index in [9.17, 15) is 9.18 Å². The van der Waals surface area contributed by atoms with E-state index in [1.165, 1.54) is 12.1 Å². The highest BCUT2D eigenvalue weighted by Gasteiger charge is 2.19. The Kier molecular flexibility index (Phi) is 5.68. The maximum atomic E-state index is 14.0. The third kappa shape index (κ3) is 4.44. The summed E-state index contributed by atoms with van der Waals surface area (Å²) in [6.45, 7) is 1.98. The first-order valence-corrected chi connectivity index (χ1v) is 9.77. The van der Waals surface area contributed by atoms with Gasteiger partial charge >= 0.3 is 0 Å². The molecule has 0 aliphatic heterocycles. The number of aromatic amines is 1. The van der Waals surface area contributed by atoms with Crippen molar-refractivity contribution < 1.29 is 13.9 Å². The number of amides is 1.